The van der Waals surface area contributed by atoms with E-state index < -0.39 is 28.0 Å². The van der Waals surface area contributed by atoms with Gasteiger partial charge in [-0.1, -0.05) is 13.8 Å². The predicted octanol–water partition coefficient (Wildman–Crippen LogP) is 1.32. The molecule has 8 nitrogen and oxygen atoms in total. The number of rotatable bonds is 7. The highest BCUT2D eigenvalue weighted by atomic mass is 32.2. The zero-order chi connectivity index (χ0) is 20.2. The van der Waals surface area contributed by atoms with Crippen molar-refractivity contribution in [2.75, 3.05) is 20.2 Å². The fourth-order valence-electron chi connectivity index (χ4n) is 3.01. The number of aliphatic carboxylic acids is 1. The molecule has 1 fully saturated rings. The SMILES string of the molecule is COc1ccc(S(=O)(=O)N[C@H](C(=O)N2CCC(C(=O)O)CC2)C(C)C)cc1. The quantitative estimate of drug-likeness (QED) is 0.716. The Kier molecular flexibility index (Phi) is 6.83. The molecule has 1 aromatic carbocycles. The summed E-state index contributed by atoms with van der Waals surface area (Å²) in [5.74, 6) is -1.37. The van der Waals surface area contributed by atoms with Gasteiger partial charge in [0.05, 0.1) is 17.9 Å². The van der Waals surface area contributed by atoms with Gasteiger partial charge >= 0.3 is 5.97 Å². The third-order valence-corrected chi connectivity index (χ3v) is 6.20. The molecule has 1 saturated heterocycles. The largest absolute Gasteiger partial charge is 0.497 e. The van der Waals surface area contributed by atoms with E-state index in [1.807, 2.05) is 0 Å². The van der Waals surface area contributed by atoms with Gasteiger partial charge in [-0.25, -0.2) is 8.42 Å². The van der Waals surface area contributed by atoms with Gasteiger partial charge in [-0.15, -0.1) is 0 Å². The number of hydrogen-bond donors (Lipinski definition) is 2. The second-order valence-electron chi connectivity index (χ2n) is 6.96. The van der Waals surface area contributed by atoms with Gasteiger partial charge in [0, 0.05) is 13.1 Å². The van der Waals surface area contributed by atoms with Crippen molar-refractivity contribution in [2.45, 2.75) is 37.6 Å². The number of nitrogens with one attached hydrogen (secondary N) is 1. The number of nitrogens with zero attached hydrogens (tertiary/aromatic N) is 1. The number of carbonyl (C=O) groups is 2. The van der Waals surface area contributed by atoms with Gasteiger partial charge < -0.3 is 14.7 Å². The van der Waals surface area contributed by atoms with Gasteiger partial charge in [-0.3, -0.25) is 9.59 Å². The van der Waals surface area contributed by atoms with Gasteiger partial charge in [0.2, 0.25) is 15.9 Å². The Morgan fingerprint density at radius 3 is 2.19 bits per heavy atom. The Hall–Kier alpha value is -2.13. The Balaban J connectivity index is 2.12. The second kappa shape index (κ2) is 8.71. The average Bonchev–Trinajstić information content (AvgIpc) is 2.65. The first-order valence-electron chi connectivity index (χ1n) is 8.83. The van der Waals surface area contributed by atoms with E-state index in [1.54, 1.807) is 18.7 Å². The normalized spacial score (nSPS) is 17.0. The minimum absolute atomic E-state index is 0.0475. The maximum atomic E-state index is 12.9. The Morgan fingerprint density at radius 2 is 1.74 bits per heavy atom. The third kappa shape index (κ3) is 5.20. The number of carboxylic acid groups (broad SMARTS) is 1. The van der Waals surface area contributed by atoms with E-state index in [9.17, 15) is 18.0 Å². The van der Waals surface area contributed by atoms with Crippen molar-refractivity contribution in [3.8, 4) is 5.75 Å². The molecule has 0 saturated carbocycles. The molecule has 2 rings (SSSR count). The summed E-state index contributed by atoms with van der Waals surface area (Å²) in [5, 5.41) is 9.07. The van der Waals surface area contributed by atoms with Crippen LogP contribution in [0.15, 0.2) is 29.2 Å². The van der Waals surface area contributed by atoms with Crippen LogP contribution < -0.4 is 9.46 Å². The molecule has 1 aliphatic heterocycles. The molecule has 1 atom stereocenters. The monoisotopic (exact) mass is 398 g/mol. The number of benzene rings is 1. The Bertz CT molecular complexity index is 768. The maximum absolute atomic E-state index is 12.9. The molecule has 0 radical (unpaired) electrons. The molecule has 0 spiro atoms. The average molecular weight is 398 g/mol. The summed E-state index contributed by atoms with van der Waals surface area (Å²) in [6, 6.07) is 5.00. The molecular weight excluding hydrogens is 372 g/mol. The van der Waals surface area contributed by atoms with E-state index in [-0.39, 0.29) is 16.7 Å². The lowest BCUT2D eigenvalue weighted by Crippen LogP contribution is -2.53. The zero-order valence-electron chi connectivity index (χ0n) is 15.7. The summed E-state index contributed by atoms with van der Waals surface area (Å²) in [6.45, 7) is 4.15. The minimum Gasteiger partial charge on any atom is -0.497 e. The van der Waals surface area contributed by atoms with Gasteiger partial charge in [0.25, 0.3) is 0 Å². The number of ether oxygens (including phenoxy) is 1. The van der Waals surface area contributed by atoms with Crippen LogP contribution in [-0.2, 0) is 19.6 Å². The first kappa shape index (κ1) is 21.2. The van der Waals surface area contributed by atoms with Crippen molar-refractivity contribution in [2.24, 2.45) is 11.8 Å². The van der Waals surface area contributed by atoms with Crippen molar-refractivity contribution in [1.82, 2.24) is 9.62 Å². The summed E-state index contributed by atoms with van der Waals surface area (Å²) in [5.41, 5.74) is 0. The lowest BCUT2D eigenvalue weighted by atomic mass is 9.95. The summed E-state index contributed by atoms with van der Waals surface area (Å²) in [4.78, 5) is 25.5. The Labute approximate surface area is 159 Å². The highest BCUT2D eigenvalue weighted by Crippen LogP contribution is 2.21. The van der Waals surface area contributed by atoms with E-state index in [4.69, 9.17) is 9.84 Å². The number of carbonyl (C=O) groups excluding carboxylic acids is 1. The summed E-state index contributed by atoms with van der Waals surface area (Å²) in [6.07, 6.45) is 0.744. The second-order valence-corrected chi connectivity index (χ2v) is 8.67. The van der Waals surface area contributed by atoms with Crippen molar-refractivity contribution in [3.63, 3.8) is 0 Å². The van der Waals surface area contributed by atoms with Crippen LogP contribution in [0.25, 0.3) is 0 Å². The summed E-state index contributed by atoms with van der Waals surface area (Å²) < 4.78 is 32.9. The van der Waals surface area contributed by atoms with Crippen molar-refractivity contribution >= 4 is 21.9 Å². The smallest absolute Gasteiger partial charge is 0.306 e. The van der Waals surface area contributed by atoms with Crippen LogP contribution in [0, 0.1) is 11.8 Å². The molecule has 2 N–H and O–H groups in total. The van der Waals surface area contributed by atoms with Crippen LogP contribution >= 0.6 is 0 Å². The van der Waals surface area contributed by atoms with E-state index in [1.165, 1.54) is 31.4 Å². The van der Waals surface area contributed by atoms with Crippen LogP contribution in [-0.4, -0.2) is 56.5 Å². The molecule has 1 amide bonds. The number of methoxy groups -OCH3 is 1. The van der Waals surface area contributed by atoms with Crippen molar-refractivity contribution in [3.05, 3.63) is 24.3 Å². The summed E-state index contributed by atoms with van der Waals surface area (Å²) in [7, 11) is -2.40. The van der Waals surface area contributed by atoms with Crippen LogP contribution in [0.1, 0.15) is 26.7 Å². The van der Waals surface area contributed by atoms with Crippen LogP contribution in [0.4, 0.5) is 0 Å². The number of hydrogen-bond acceptors (Lipinski definition) is 5. The highest BCUT2D eigenvalue weighted by molar-refractivity contribution is 7.89. The number of sulfonamides is 1. The maximum Gasteiger partial charge on any atom is 0.306 e. The van der Waals surface area contributed by atoms with E-state index in [2.05, 4.69) is 4.72 Å². The number of amides is 1. The molecule has 1 heterocycles. The molecule has 150 valence electrons. The van der Waals surface area contributed by atoms with Gasteiger partial charge in [0.15, 0.2) is 0 Å². The molecule has 0 bridgehead atoms. The van der Waals surface area contributed by atoms with E-state index in [0.717, 1.165) is 0 Å². The summed E-state index contributed by atoms with van der Waals surface area (Å²) >= 11 is 0. The minimum atomic E-state index is -3.88. The molecular formula is C18H26N2O6S. The number of carboxylic acids is 1. The molecule has 1 aliphatic rings. The Morgan fingerprint density at radius 1 is 1.19 bits per heavy atom. The zero-order valence-corrected chi connectivity index (χ0v) is 16.5. The molecule has 0 unspecified atom stereocenters. The molecule has 27 heavy (non-hydrogen) atoms. The number of likely N-dealkylation sites (tertiary alicyclic amines) is 1. The molecule has 9 heteroatoms. The van der Waals surface area contributed by atoms with Crippen LogP contribution in [0.3, 0.4) is 0 Å². The molecule has 0 aromatic heterocycles. The topological polar surface area (TPSA) is 113 Å². The standard InChI is InChI=1S/C18H26N2O6S/c1-12(2)16(17(21)20-10-8-13(9-11-20)18(22)23)19-27(24,25)15-6-4-14(26-3)5-7-15/h4-7,12-13,16,19H,8-11H2,1-3H3,(H,22,23)/t16-/m0/s1. The van der Waals surface area contributed by atoms with Gasteiger partial charge in [0.1, 0.15) is 11.8 Å². The lowest BCUT2D eigenvalue weighted by Gasteiger charge is -2.34. The van der Waals surface area contributed by atoms with Gasteiger partial charge in [-0.05, 0) is 43.0 Å². The fraction of sp³-hybridized carbons (Fsp3) is 0.556. The highest BCUT2D eigenvalue weighted by Gasteiger charge is 2.34. The van der Waals surface area contributed by atoms with Crippen molar-refractivity contribution in [1.29, 1.82) is 0 Å². The first-order chi connectivity index (χ1) is 12.7. The van der Waals surface area contributed by atoms with E-state index >= 15 is 0 Å². The van der Waals surface area contributed by atoms with Crippen LogP contribution in [0.5, 0.6) is 5.75 Å². The number of piperidine rings is 1. The predicted molar refractivity (Wildman–Crippen MR) is 98.9 cm³/mol. The fourth-order valence-corrected chi connectivity index (χ4v) is 4.34. The van der Waals surface area contributed by atoms with E-state index in [0.29, 0.717) is 31.7 Å². The molecule has 0 aliphatic carbocycles. The van der Waals surface area contributed by atoms with Gasteiger partial charge in [-0.2, -0.15) is 4.72 Å². The first-order valence-corrected chi connectivity index (χ1v) is 10.3. The lowest BCUT2D eigenvalue weighted by molar-refractivity contribution is -0.146. The molecule has 1 aromatic rings. The van der Waals surface area contributed by atoms with Crippen molar-refractivity contribution < 1.29 is 27.9 Å². The third-order valence-electron chi connectivity index (χ3n) is 4.74. The van der Waals surface area contributed by atoms with Crippen LogP contribution in [0.2, 0.25) is 0 Å².